The van der Waals surface area contributed by atoms with Gasteiger partial charge in [0.05, 0.1) is 17.9 Å². The fourth-order valence-electron chi connectivity index (χ4n) is 3.63. The van der Waals surface area contributed by atoms with Gasteiger partial charge in [-0.3, -0.25) is 14.2 Å². The van der Waals surface area contributed by atoms with Crippen LogP contribution >= 0.6 is 11.8 Å². The number of fused-ring (bicyclic) bond motifs is 2. The summed E-state index contributed by atoms with van der Waals surface area (Å²) in [4.78, 5) is 30.3. The van der Waals surface area contributed by atoms with Gasteiger partial charge in [-0.25, -0.2) is 14.1 Å². The molecule has 0 spiro atoms. The second kappa shape index (κ2) is 7.99. The van der Waals surface area contributed by atoms with Crippen molar-refractivity contribution >= 4 is 28.7 Å². The summed E-state index contributed by atoms with van der Waals surface area (Å²) in [5.41, 5.74) is 1.96. The Labute approximate surface area is 180 Å². The smallest absolute Gasteiger partial charge is 0.265 e. The van der Waals surface area contributed by atoms with Gasteiger partial charge in [-0.15, -0.1) is 0 Å². The summed E-state index contributed by atoms with van der Waals surface area (Å²) in [6, 6.07) is 15.2. The van der Waals surface area contributed by atoms with E-state index in [9.17, 15) is 14.0 Å². The predicted octanol–water partition coefficient (Wildman–Crippen LogP) is 3.07. The Balaban J connectivity index is 1.37. The average Bonchev–Trinajstić information content (AvgIpc) is 3.39. The highest BCUT2D eigenvalue weighted by Crippen LogP contribution is 2.33. The molecule has 1 N–H and O–H groups in total. The van der Waals surface area contributed by atoms with Gasteiger partial charge in [0.1, 0.15) is 11.2 Å². The molecule has 5 rings (SSSR count). The van der Waals surface area contributed by atoms with Crippen molar-refractivity contribution in [3.8, 4) is 5.69 Å². The third-order valence-corrected chi connectivity index (χ3v) is 6.29. The summed E-state index contributed by atoms with van der Waals surface area (Å²) in [6.45, 7) is 0.307. The van der Waals surface area contributed by atoms with Crippen LogP contribution < -0.4 is 10.9 Å². The Morgan fingerprint density at radius 3 is 2.71 bits per heavy atom. The molecule has 9 heteroatoms. The zero-order chi connectivity index (χ0) is 21.4. The van der Waals surface area contributed by atoms with Crippen LogP contribution in [-0.2, 0) is 11.3 Å². The van der Waals surface area contributed by atoms with E-state index in [1.54, 1.807) is 21.4 Å². The van der Waals surface area contributed by atoms with E-state index in [-0.39, 0.29) is 29.7 Å². The lowest BCUT2D eigenvalue weighted by Gasteiger charge is -2.13. The van der Waals surface area contributed by atoms with Gasteiger partial charge in [0.2, 0.25) is 5.91 Å². The summed E-state index contributed by atoms with van der Waals surface area (Å²) >= 11 is 1.46. The number of benzene rings is 2. The van der Waals surface area contributed by atoms with Crippen molar-refractivity contribution in [3.05, 3.63) is 82.5 Å². The molecule has 0 saturated carbocycles. The molecule has 31 heavy (non-hydrogen) atoms. The third kappa shape index (κ3) is 3.72. The molecule has 1 amide bonds. The number of thioether (sulfide) groups is 1. The molecule has 0 radical (unpaired) electrons. The predicted molar refractivity (Wildman–Crippen MR) is 116 cm³/mol. The summed E-state index contributed by atoms with van der Waals surface area (Å²) < 4.78 is 16.3. The van der Waals surface area contributed by atoms with Crippen molar-refractivity contribution in [2.75, 3.05) is 5.75 Å². The summed E-state index contributed by atoms with van der Waals surface area (Å²) in [7, 11) is 0. The molecule has 0 unspecified atom stereocenters. The Morgan fingerprint density at radius 1 is 1.16 bits per heavy atom. The van der Waals surface area contributed by atoms with Gasteiger partial charge in [0.25, 0.3) is 5.56 Å². The summed E-state index contributed by atoms with van der Waals surface area (Å²) in [5.74, 6) is 0.107. The molecule has 0 saturated heterocycles. The number of hydrogen-bond donors (Lipinski definition) is 1. The van der Waals surface area contributed by atoms with E-state index in [1.807, 2.05) is 30.3 Å². The number of nitrogens with one attached hydrogen (secondary N) is 1. The molecule has 2 aromatic heterocycles. The van der Waals surface area contributed by atoms with Gasteiger partial charge in [0, 0.05) is 18.7 Å². The average molecular weight is 435 g/mol. The number of carbonyl (C=O) groups is 1. The van der Waals surface area contributed by atoms with E-state index in [0.29, 0.717) is 28.5 Å². The van der Waals surface area contributed by atoms with E-state index in [0.717, 1.165) is 11.3 Å². The Hall–Kier alpha value is -3.46. The fraction of sp³-hybridized carbons (Fsp3) is 0.182. The highest BCUT2D eigenvalue weighted by Gasteiger charge is 2.29. The van der Waals surface area contributed by atoms with Crippen molar-refractivity contribution < 1.29 is 9.18 Å². The van der Waals surface area contributed by atoms with Crippen molar-refractivity contribution in [2.45, 2.75) is 24.2 Å². The van der Waals surface area contributed by atoms with Gasteiger partial charge in [-0.05, 0) is 29.8 Å². The highest BCUT2D eigenvalue weighted by atomic mass is 32.2. The Bertz CT molecular complexity index is 1320. The lowest BCUT2D eigenvalue weighted by Crippen LogP contribution is -2.30. The van der Waals surface area contributed by atoms with Gasteiger partial charge >= 0.3 is 0 Å². The maximum atomic E-state index is 13.2. The Kier molecular flexibility index (Phi) is 5.03. The van der Waals surface area contributed by atoms with Crippen molar-refractivity contribution in [3.63, 3.8) is 0 Å². The first-order valence-electron chi connectivity index (χ1n) is 9.80. The van der Waals surface area contributed by atoms with E-state index in [1.165, 1.54) is 30.1 Å². The number of para-hydroxylation sites is 1. The first-order valence-corrected chi connectivity index (χ1v) is 10.8. The van der Waals surface area contributed by atoms with Crippen molar-refractivity contribution in [1.82, 2.24) is 24.6 Å². The van der Waals surface area contributed by atoms with Gasteiger partial charge in [0.15, 0.2) is 10.8 Å². The van der Waals surface area contributed by atoms with E-state index < -0.39 is 0 Å². The van der Waals surface area contributed by atoms with E-state index in [2.05, 4.69) is 15.4 Å². The summed E-state index contributed by atoms with van der Waals surface area (Å²) in [6.07, 6.45) is 1.70. The largest absolute Gasteiger partial charge is 0.352 e. The molecule has 0 bridgehead atoms. The standard InChI is InChI=1S/C22H18FN5O2S/c23-15-8-6-14(7-9-15)11-24-19(29)10-17-13-31-22-26-20-18(21(30)27(17)22)12-25-28(20)16-4-2-1-3-5-16/h1-9,12,17H,10-11,13H2,(H,24,29)/t17-/m0/s1. The molecule has 0 aliphatic carbocycles. The van der Waals surface area contributed by atoms with Crippen LogP contribution in [0.3, 0.4) is 0 Å². The minimum absolute atomic E-state index is 0.168. The van der Waals surface area contributed by atoms with E-state index >= 15 is 0 Å². The van der Waals surface area contributed by atoms with Crippen molar-refractivity contribution in [2.24, 2.45) is 0 Å². The normalized spacial score (nSPS) is 15.2. The van der Waals surface area contributed by atoms with Crippen LogP contribution in [0.25, 0.3) is 16.7 Å². The molecule has 0 fully saturated rings. The lowest BCUT2D eigenvalue weighted by molar-refractivity contribution is -0.121. The molecule has 4 aromatic rings. The number of rotatable bonds is 5. The van der Waals surface area contributed by atoms with Crippen LogP contribution in [0, 0.1) is 5.82 Å². The first-order chi connectivity index (χ1) is 15.1. The van der Waals surface area contributed by atoms with Crippen molar-refractivity contribution in [1.29, 1.82) is 0 Å². The Morgan fingerprint density at radius 2 is 1.94 bits per heavy atom. The number of aromatic nitrogens is 4. The maximum Gasteiger partial charge on any atom is 0.265 e. The number of hydrogen-bond acceptors (Lipinski definition) is 5. The van der Waals surface area contributed by atoms with Crippen LogP contribution in [0.4, 0.5) is 4.39 Å². The zero-order valence-electron chi connectivity index (χ0n) is 16.4. The SMILES string of the molecule is O=C(C[C@H]1CSc2nc3c(cnn3-c3ccccc3)c(=O)n21)NCc1ccc(F)cc1. The first kappa shape index (κ1) is 19.5. The third-order valence-electron chi connectivity index (χ3n) is 5.20. The number of carbonyl (C=O) groups excluding carboxylic acids is 1. The molecule has 1 atom stereocenters. The van der Waals surface area contributed by atoms with Gasteiger partial charge in [-0.1, -0.05) is 42.1 Å². The van der Waals surface area contributed by atoms with Crippen LogP contribution in [-0.4, -0.2) is 31.0 Å². The number of nitrogens with zero attached hydrogens (tertiary/aromatic N) is 4. The van der Waals surface area contributed by atoms with Crippen LogP contribution in [0.2, 0.25) is 0 Å². The van der Waals surface area contributed by atoms with Gasteiger partial charge in [-0.2, -0.15) is 5.10 Å². The van der Waals surface area contributed by atoms with Crippen LogP contribution in [0.5, 0.6) is 0 Å². The molecule has 7 nitrogen and oxygen atoms in total. The molecule has 3 heterocycles. The maximum absolute atomic E-state index is 13.2. The second-order valence-corrected chi connectivity index (χ2v) is 8.26. The number of amides is 1. The topological polar surface area (TPSA) is 81.8 Å². The molecule has 2 aromatic carbocycles. The van der Waals surface area contributed by atoms with Crippen LogP contribution in [0.1, 0.15) is 18.0 Å². The number of halogens is 1. The monoisotopic (exact) mass is 435 g/mol. The van der Waals surface area contributed by atoms with E-state index in [4.69, 9.17) is 0 Å². The second-order valence-electron chi connectivity index (χ2n) is 7.27. The lowest BCUT2D eigenvalue weighted by atomic mass is 10.2. The molecule has 1 aliphatic rings. The highest BCUT2D eigenvalue weighted by molar-refractivity contribution is 7.99. The quantitative estimate of drug-likeness (QED) is 0.487. The molecule has 156 valence electrons. The molecular weight excluding hydrogens is 417 g/mol. The fourth-order valence-corrected chi connectivity index (χ4v) is 4.76. The summed E-state index contributed by atoms with van der Waals surface area (Å²) in [5, 5.41) is 8.20. The minimum atomic E-state index is -0.316. The van der Waals surface area contributed by atoms with Crippen LogP contribution in [0.15, 0.2) is 70.7 Å². The zero-order valence-corrected chi connectivity index (χ0v) is 17.2. The van der Waals surface area contributed by atoms with Gasteiger partial charge < -0.3 is 5.32 Å². The molecule has 1 aliphatic heterocycles. The molecular formula is C22H18FN5O2S. The minimum Gasteiger partial charge on any atom is -0.352 e.